The second-order valence-corrected chi connectivity index (χ2v) is 13.5. The number of hydrogen-bond acceptors (Lipinski definition) is 1. The monoisotopic (exact) mass is 672 g/mol. The molecule has 0 saturated carbocycles. The summed E-state index contributed by atoms with van der Waals surface area (Å²) < 4.78 is 2.35. The highest BCUT2D eigenvalue weighted by Gasteiger charge is 2.20. The van der Waals surface area contributed by atoms with Crippen LogP contribution in [0.25, 0.3) is 93.5 Å². The van der Waals surface area contributed by atoms with Gasteiger partial charge in [0.05, 0.1) is 28.4 Å². The van der Waals surface area contributed by atoms with Gasteiger partial charge in [0.1, 0.15) is 0 Å². The van der Waals surface area contributed by atoms with Crippen LogP contribution in [0.15, 0.2) is 194 Å². The summed E-state index contributed by atoms with van der Waals surface area (Å²) in [7, 11) is 0. The standard InChI is InChI=1S/C51H32N2/c52-33-34-29-30-49-46(31-34)41-22-11-13-28-48(41)53(49)47-27-12-10-21-40(47)39-20-5-4-19-38(39)36-17-14-18-37(32-36)51-44-25-8-6-23-42(44)50(35-15-2-1-3-16-35)43-24-7-9-26-45(43)51/h1-32H. The van der Waals surface area contributed by atoms with Crippen LogP contribution in [-0.2, 0) is 0 Å². The Kier molecular flexibility index (Phi) is 7.23. The quantitative estimate of drug-likeness (QED) is 0.167. The molecule has 9 aromatic carbocycles. The van der Waals surface area contributed by atoms with Crippen molar-refractivity contribution < 1.29 is 0 Å². The SMILES string of the molecule is N#Cc1ccc2c(c1)c1ccccc1n2-c1ccccc1-c1ccccc1-c1cccc(-c2c3ccccc3c(-c3ccccc3)c3ccccc23)c1. The van der Waals surface area contributed by atoms with Crippen LogP contribution in [0.3, 0.4) is 0 Å². The van der Waals surface area contributed by atoms with Crippen LogP contribution in [0.2, 0.25) is 0 Å². The highest BCUT2D eigenvalue weighted by molar-refractivity contribution is 6.21. The van der Waals surface area contributed by atoms with Gasteiger partial charge in [0.25, 0.3) is 0 Å². The lowest BCUT2D eigenvalue weighted by Gasteiger charge is -2.19. The third-order valence-corrected chi connectivity index (χ3v) is 10.6. The molecule has 0 N–H and O–H groups in total. The van der Waals surface area contributed by atoms with E-state index in [0.29, 0.717) is 5.56 Å². The Morgan fingerprint density at radius 3 is 1.55 bits per heavy atom. The Bertz CT molecular complexity index is 3010. The number of hydrogen-bond donors (Lipinski definition) is 0. The van der Waals surface area contributed by atoms with Crippen LogP contribution in [0.4, 0.5) is 0 Å². The lowest BCUT2D eigenvalue weighted by atomic mass is 9.85. The number of benzene rings is 9. The van der Waals surface area contributed by atoms with Crippen molar-refractivity contribution in [2.75, 3.05) is 0 Å². The number of nitrogens with zero attached hydrogens (tertiary/aromatic N) is 2. The number of fused-ring (bicyclic) bond motifs is 5. The normalized spacial score (nSPS) is 11.4. The first-order valence-electron chi connectivity index (χ1n) is 18.0. The van der Waals surface area contributed by atoms with Gasteiger partial charge < -0.3 is 4.57 Å². The maximum absolute atomic E-state index is 9.72. The van der Waals surface area contributed by atoms with E-state index in [1.54, 1.807) is 0 Å². The topological polar surface area (TPSA) is 28.7 Å². The molecule has 0 spiro atoms. The molecule has 0 unspecified atom stereocenters. The molecular weight excluding hydrogens is 641 g/mol. The lowest BCUT2D eigenvalue weighted by Crippen LogP contribution is -1.98. The van der Waals surface area contributed by atoms with E-state index in [1.165, 1.54) is 49.4 Å². The summed E-state index contributed by atoms with van der Waals surface area (Å²) in [6, 6.07) is 71.7. The van der Waals surface area contributed by atoms with Crippen molar-refractivity contribution in [3.63, 3.8) is 0 Å². The third kappa shape index (κ3) is 4.94. The van der Waals surface area contributed by atoms with Crippen LogP contribution < -0.4 is 0 Å². The average molecular weight is 673 g/mol. The van der Waals surface area contributed by atoms with Gasteiger partial charge in [0, 0.05) is 16.3 Å². The summed E-state index contributed by atoms with van der Waals surface area (Å²) in [5, 5.41) is 16.9. The van der Waals surface area contributed by atoms with Crippen molar-refractivity contribution in [3.8, 4) is 56.3 Å². The summed E-state index contributed by atoms with van der Waals surface area (Å²) in [6.45, 7) is 0. The Hall–Kier alpha value is -7.21. The van der Waals surface area contributed by atoms with Gasteiger partial charge in [0.2, 0.25) is 0 Å². The van der Waals surface area contributed by atoms with E-state index in [1.807, 2.05) is 12.1 Å². The van der Waals surface area contributed by atoms with E-state index in [9.17, 15) is 5.26 Å². The molecule has 10 aromatic rings. The van der Waals surface area contributed by atoms with Crippen molar-refractivity contribution in [2.24, 2.45) is 0 Å². The lowest BCUT2D eigenvalue weighted by molar-refractivity contribution is 1.18. The minimum atomic E-state index is 0.661. The molecule has 2 heteroatoms. The summed E-state index contributed by atoms with van der Waals surface area (Å²) in [5.41, 5.74) is 13.5. The van der Waals surface area contributed by atoms with Gasteiger partial charge in [-0.2, -0.15) is 5.26 Å². The van der Waals surface area contributed by atoms with Gasteiger partial charge in [-0.1, -0.05) is 158 Å². The largest absolute Gasteiger partial charge is 0.309 e. The Balaban J connectivity index is 1.18. The van der Waals surface area contributed by atoms with Crippen LogP contribution in [0, 0.1) is 11.3 Å². The average Bonchev–Trinajstić information content (AvgIpc) is 3.56. The Labute approximate surface area is 308 Å². The number of para-hydroxylation sites is 2. The first-order chi connectivity index (χ1) is 26.3. The Morgan fingerprint density at radius 2 is 0.849 bits per heavy atom. The first kappa shape index (κ1) is 30.6. The Morgan fingerprint density at radius 1 is 0.340 bits per heavy atom. The van der Waals surface area contributed by atoms with Gasteiger partial charge in [-0.15, -0.1) is 0 Å². The maximum Gasteiger partial charge on any atom is 0.0991 e. The zero-order valence-corrected chi connectivity index (χ0v) is 28.9. The first-order valence-corrected chi connectivity index (χ1v) is 18.0. The van der Waals surface area contributed by atoms with Crippen LogP contribution in [0.5, 0.6) is 0 Å². The van der Waals surface area contributed by atoms with Gasteiger partial charge in [0.15, 0.2) is 0 Å². The van der Waals surface area contributed by atoms with E-state index in [4.69, 9.17) is 0 Å². The summed E-state index contributed by atoms with van der Waals surface area (Å²) >= 11 is 0. The molecule has 10 rings (SSSR count). The molecule has 0 aliphatic rings. The third-order valence-electron chi connectivity index (χ3n) is 10.6. The molecule has 1 heterocycles. The molecule has 246 valence electrons. The number of aromatic nitrogens is 1. The molecular formula is C51H32N2. The molecule has 0 atom stereocenters. The van der Waals surface area contributed by atoms with Crippen molar-refractivity contribution in [1.29, 1.82) is 5.26 Å². The number of rotatable bonds is 5. The van der Waals surface area contributed by atoms with Crippen molar-refractivity contribution >= 4 is 43.4 Å². The van der Waals surface area contributed by atoms with Crippen LogP contribution in [0.1, 0.15) is 5.56 Å². The molecule has 0 radical (unpaired) electrons. The minimum Gasteiger partial charge on any atom is -0.309 e. The predicted molar refractivity (Wildman–Crippen MR) is 222 cm³/mol. The van der Waals surface area contributed by atoms with Gasteiger partial charge >= 0.3 is 0 Å². The summed E-state index contributed by atoms with van der Waals surface area (Å²) in [5.74, 6) is 0. The fourth-order valence-corrected chi connectivity index (χ4v) is 8.37. The minimum absolute atomic E-state index is 0.661. The second kappa shape index (κ2) is 12.5. The molecule has 1 aromatic heterocycles. The predicted octanol–water partition coefficient (Wildman–Crippen LogP) is 13.6. The zero-order chi connectivity index (χ0) is 35.3. The zero-order valence-electron chi connectivity index (χ0n) is 28.9. The summed E-state index contributed by atoms with van der Waals surface area (Å²) in [4.78, 5) is 0. The van der Waals surface area contributed by atoms with Crippen molar-refractivity contribution in [2.45, 2.75) is 0 Å². The molecule has 53 heavy (non-hydrogen) atoms. The highest BCUT2D eigenvalue weighted by Crippen LogP contribution is 2.45. The van der Waals surface area contributed by atoms with Gasteiger partial charge in [-0.3, -0.25) is 0 Å². The smallest absolute Gasteiger partial charge is 0.0991 e. The summed E-state index contributed by atoms with van der Waals surface area (Å²) in [6.07, 6.45) is 0. The molecule has 0 bridgehead atoms. The van der Waals surface area contributed by atoms with E-state index < -0.39 is 0 Å². The molecule has 0 saturated heterocycles. The molecule has 2 nitrogen and oxygen atoms in total. The maximum atomic E-state index is 9.72. The van der Waals surface area contributed by atoms with E-state index in [-0.39, 0.29) is 0 Å². The fourth-order valence-electron chi connectivity index (χ4n) is 8.37. The van der Waals surface area contributed by atoms with Gasteiger partial charge in [-0.25, -0.2) is 0 Å². The molecule has 0 fully saturated rings. The second-order valence-electron chi connectivity index (χ2n) is 13.5. The fraction of sp³-hybridized carbons (Fsp3) is 0. The highest BCUT2D eigenvalue weighted by atomic mass is 15.0. The van der Waals surface area contributed by atoms with E-state index in [2.05, 4.69) is 193 Å². The van der Waals surface area contributed by atoms with E-state index >= 15 is 0 Å². The molecule has 0 aliphatic carbocycles. The van der Waals surface area contributed by atoms with Crippen LogP contribution in [-0.4, -0.2) is 4.57 Å². The van der Waals surface area contributed by atoms with Crippen molar-refractivity contribution in [3.05, 3.63) is 200 Å². The van der Waals surface area contributed by atoms with E-state index in [0.717, 1.165) is 44.2 Å². The number of nitriles is 1. The molecule has 0 aliphatic heterocycles. The van der Waals surface area contributed by atoms with Crippen LogP contribution >= 0.6 is 0 Å². The van der Waals surface area contributed by atoms with Gasteiger partial charge in [-0.05, 0) is 96.9 Å². The van der Waals surface area contributed by atoms with Crippen molar-refractivity contribution in [1.82, 2.24) is 4.57 Å². The molecule has 0 amide bonds.